The number of sulfone groups is 1. The highest BCUT2D eigenvalue weighted by atomic mass is 35.5. The second-order valence-corrected chi connectivity index (χ2v) is 8.51. The van der Waals surface area contributed by atoms with Crippen molar-refractivity contribution in [2.75, 3.05) is 17.7 Å². The normalized spacial score (nSPS) is 17.5. The van der Waals surface area contributed by atoms with Gasteiger partial charge in [-0.1, -0.05) is 17.7 Å². The van der Waals surface area contributed by atoms with Crippen LogP contribution in [0, 0.1) is 5.92 Å². The molecule has 1 unspecified atom stereocenters. The minimum absolute atomic E-state index is 0.0476. The van der Waals surface area contributed by atoms with E-state index in [0.717, 1.165) is 6.26 Å². The van der Waals surface area contributed by atoms with E-state index >= 15 is 0 Å². The van der Waals surface area contributed by atoms with Crippen LogP contribution in [0.4, 0.5) is 5.69 Å². The standard InChI is InChI=1S/C16H17ClN4O4S/c1-26(24,25)14-3-2-10(4-13(14)17)6-18-16(23)11-5-15(22)21(9-11)12-7-19-20-8-12/h2-4,7-8,11H,5-6,9H2,1H3,(H,18,23)(H,19,20). The first-order chi connectivity index (χ1) is 12.3. The lowest BCUT2D eigenvalue weighted by molar-refractivity contribution is -0.126. The number of benzene rings is 1. The second kappa shape index (κ2) is 7.08. The fourth-order valence-electron chi connectivity index (χ4n) is 2.81. The van der Waals surface area contributed by atoms with Gasteiger partial charge in [0, 0.05) is 32.0 Å². The van der Waals surface area contributed by atoms with Crippen LogP contribution in [0.25, 0.3) is 0 Å². The zero-order chi connectivity index (χ0) is 18.9. The summed E-state index contributed by atoms with van der Waals surface area (Å²) in [6, 6.07) is 4.52. The van der Waals surface area contributed by atoms with Gasteiger partial charge in [-0.05, 0) is 17.7 Å². The number of anilines is 1. The Bertz CT molecular complexity index is 943. The first-order valence-electron chi connectivity index (χ1n) is 7.81. The highest BCUT2D eigenvalue weighted by molar-refractivity contribution is 7.90. The lowest BCUT2D eigenvalue weighted by Crippen LogP contribution is -2.32. The molecule has 1 saturated heterocycles. The summed E-state index contributed by atoms with van der Waals surface area (Å²) < 4.78 is 23.1. The maximum absolute atomic E-state index is 12.3. The lowest BCUT2D eigenvalue weighted by atomic mass is 10.1. The molecule has 8 nitrogen and oxygen atoms in total. The first kappa shape index (κ1) is 18.4. The molecule has 0 bridgehead atoms. The number of halogens is 1. The molecular formula is C16H17ClN4O4S. The van der Waals surface area contributed by atoms with Gasteiger partial charge >= 0.3 is 0 Å². The van der Waals surface area contributed by atoms with Gasteiger partial charge in [0.05, 0.1) is 27.7 Å². The number of carbonyl (C=O) groups is 2. The van der Waals surface area contributed by atoms with Gasteiger partial charge < -0.3 is 10.2 Å². The molecule has 1 atom stereocenters. The average Bonchev–Trinajstić information content (AvgIpc) is 3.20. The quantitative estimate of drug-likeness (QED) is 0.786. The molecule has 3 rings (SSSR count). The second-order valence-electron chi connectivity index (χ2n) is 6.12. The summed E-state index contributed by atoms with van der Waals surface area (Å²) in [5.74, 6) is -0.831. The summed E-state index contributed by atoms with van der Waals surface area (Å²) in [6.07, 6.45) is 4.34. The molecule has 1 aliphatic heterocycles. The van der Waals surface area contributed by atoms with Gasteiger partial charge in [0.25, 0.3) is 0 Å². The van der Waals surface area contributed by atoms with Gasteiger partial charge in [0.15, 0.2) is 9.84 Å². The van der Waals surface area contributed by atoms with E-state index in [-0.39, 0.29) is 41.2 Å². The van der Waals surface area contributed by atoms with E-state index in [2.05, 4.69) is 15.5 Å². The van der Waals surface area contributed by atoms with Crippen LogP contribution in [0.5, 0.6) is 0 Å². The predicted molar refractivity (Wildman–Crippen MR) is 95.5 cm³/mol. The van der Waals surface area contributed by atoms with Crippen molar-refractivity contribution in [3.05, 3.63) is 41.2 Å². The summed E-state index contributed by atoms with van der Waals surface area (Å²) in [7, 11) is -3.40. The smallest absolute Gasteiger partial charge is 0.227 e. The van der Waals surface area contributed by atoms with Crippen LogP contribution in [-0.4, -0.2) is 43.2 Å². The Morgan fingerprint density at radius 2 is 2.23 bits per heavy atom. The van der Waals surface area contributed by atoms with E-state index in [0.29, 0.717) is 11.3 Å². The van der Waals surface area contributed by atoms with Crippen molar-refractivity contribution < 1.29 is 18.0 Å². The molecular weight excluding hydrogens is 380 g/mol. The van der Waals surface area contributed by atoms with Crippen LogP contribution in [0.2, 0.25) is 5.02 Å². The number of H-pyrrole nitrogens is 1. The van der Waals surface area contributed by atoms with Crippen molar-refractivity contribution in [1.29, 1.82) is 0 Å². The van der Waals surface area contributed by atoms with Crippen molar-refractivity contribution in [2.24, 2.45) is 5.92 Å². The van der Waals surface area contributed by atoms with Gasteiger partial charge in [-0.2, -0.15) is 5.10 Å². The predicted octanol–water partition coefficient (Wildman–Crippen LogP) is 1.14. The summed E-state index contributed by atoms with van der Waals surface area (Å²) in [6.45, 7) is 0.483. The molecule has 2 amide bonds. The third-order valence-corrected chi connectivity index (χ3v) is 5.73. The third-order valence-electron chi connectivity index (χ3n) is 4.15. The number of aromatic amines is 1. The minimum Gasteiger partial charge on any atom is -0.352 e. The number of rotatable bonds is 5. The maximum atomic E-state index is 12.3. The Morgan fingerprint density at radius 1 is 1.46 bits per heavy atom. The van der Waals surface area contributed by atoms with Crippen molar-refractivity contribution in [2.45, 2.75) is 17.9 Å². The molecule has 2 aromatic rings. The van der Waals surface area contributed by atoms with E-state index in [1.807, 2.05) is 0 Å². The highest BCUT2D eigenvalue weighted by Crippen LogP contribution is 2.25. The molecule has 26 heavy (non-hydrogen) atoms. The van der Waals surface area contributed by atoms with Crippen LogP contribution < -0.4 is 10.2 Å². The SMILES string of the molecule is CS(=O)(=O)c1ccc(CNC(=O)C2CC(=O)N(c3cn[nH]c3)C2)cc1Cl. The summed E-state index contributed by atoms with van der Waals surface area (Å²) >= 11 is 6.00. The molecule has 138 valence electrons. The average molecular weight is 397 g/mol. The molecule has 2 heterocycles. The van der Waals surface area contributed by atoms with Gasteiger partial charge in [-0.25, -0.2) is 8.42 Å². The number of hydrogen-bond donors (Lipinski definition) is 2. The number of nitrogens with zero attached hydrogens (tertiary/aromatic N) is 2. The molecule has 0 radical (unpaired) electrons. The van der Waals surface area contributed by atoms with Gasteiger partial charge in [0.1, 0.15) is 0 Å². The van der Waals surface area contributed by atoms with E-state index in [4.69, 9.17) is 11.6 Å². The zero-order valence-electron chi connectivity index (χ0n) is 13.9. The molecule has 0 spiro atoms. The van der Waals surface area contributed by atoms with Crippen molar-refractivity contribution in [3.63, 3.8) is 0 Å². The van der Waals surface area contributed by atoms with E-state index in [9.17, 15) is 18.0 Å². The number of nitrogens with one attached hydrogen (secondary N) is 2. The molecule has 1 aromatic carbocycles. The first-order valence-corrected chi connectivity index (χ1v) is 10.1. The molecule has 0 saturated carbocycles. The Kier molecular flexibility index (Phi) is 5.01. The van der Waals surface area contributed by atoms with Crippen molar-refractivity contribution >= 4 is 38.9 Å². The van der Waals surface area contributed by atoms with E-state index < -0.39 is 15.8 Å². The summed E-state index contributed by atoms with van der Waals surface area (Å²) in [5.41, 5.74) is 1.31. The third kappa shape index (κ3) is 3.88. The molecule has 10 heteroatoms. The summed E-state index contributed by atoms with van der Waals surface area (Å²) in [4.78, 5) is 26.0. The fourth-order valence-corrected chi connectivity index (χ4v) is 4.16. The van der Waals surface area contributed by atoms with Gasteiger partial charge in [-0.3, -0.25) is 14.7 Å². The zero-order valence-corrected chi connectivity index (χ0v) is 15.5. The van der Waals surface area contributed by atoms with Crippen LogP contribution in [0.3, 0.4) is 0 Å². The van der Waals surface area contributed by atoms with Gasteiger partial charge in [0.2, 0.25) is 11.8 Å². The Balaban J connectivity index is 1.61. The fraction of sp³-hybridized carbons (Fsp3) is 0.312. The van der Waals surface area contributed by atoms with Gasteiger partial charge in [-0.15, -0.1) is 0 Å². The number of hydrogen-bond acceptors (Lipinski definition) is 5. The Hall–Kier alpha value is -2.39. The summed E-state index contributed by atoms with van der Waals surface area (Å²) in [5, 5.41) is 9.32. The molecule has 1 aromatic heterocycles. The Morgan fingerprint density at radius 3 is 2.85 bits per heavy atom. The molecule has 0 aliphatic carbocycles. The maximum Gasteiger partial charge on any atom is 0.227 e. The van der Waals surface area contributed by atoms with Crippen molar-refractivity contribution in [3.8, 4) is 0 Å². The Labute approximate surface area is 155 Å². The minimum atomic E-state index is -3.40. The topological polar surface area (TPSA) is 112 Å². The van der Waals surface area contributed by atoms with Crippen LogP contribution in [0.15, 0.2) is 35.5 Å². The monoisotopic (exact) mass is 396 g/mol. The number of carbonyl (C=O) groups excluding carboxylic acids is 2. The van der Waals surface area contributed by atoms with E-state index in [1.165, 1.54) is 23.2 Å². The number of amides is 2. The molecule has 1 fully saturated rings. The van der Waals surface area contributed by atoms with E-state index in [1.54, 1.807) is 12.3 Å². The number of aromatic nitrogens is 2. The lowest BCUT2D eigenvalue weighted by Gasteiger charge is -2.14. The molecule has 2 N–H and O–H groups in total. The van der Waals surface area contributed by atoms with Crippen molar-refractivity contribution in [1.82, 2.24) is 15.5 Å². The van der Waals surface area contributed by atoms with Crippen LogP contribution in [0.1, 0.15) is 12.0 Å². The highest BCUT2D eigenvalue weighted by Gasteiger charge is 2.35. The molecule has 1 aliphatic rings. The largest absolute Gasteiger partial charge is 0.352 e. The van der Waals surface area contributed by atoms with Crippen LogP contribution >= 0.6 is 11.6 Å². The van der Waals surface area contributed by atoms with Crippen LogP contribution in [-0.2, 0) is 26.0 Å².